The van der Waals surface area contributed by atoms with E-state index < -0.39 is 0 Å². The molecule has 5 nitrogen and oxygen atoms in total. The molecule has 2 N–H and O–H groups in total. The molecule has 5 heteroatoms. The van der Waals surface area contributed by atoms with E-state index in [4.69, 9.17) is 0 Å². The Balaban J connectivity index is 2.20. The highest BCUT2D eigenvalue weighted by Crippen LogP contribution is 2.19. The second-order valence-corrected chi connectivity index (χ2v) is 6.03. The van der Waals surface area contributed by atoms with Crippen LogP contribution in [-0.4, -0.2) is 21.1 Å². The standard InChI is InChI=1S/C15H20N4O/c1-9-6-7-10(2)11(8-9)16-13(20)12-17-14(19-18-12)15(3,4)5/h6-8H,1-5H3,(H,16,20)(H,17,18,19). The highest BCUT2D eigenvalue weighted by atomic mass is 16.2. The van der Waals surface area contributed by atoms with Gasteiger partial charge < -0.3 is 5.32 Å². The molecule has 2 aromatic rings. The van der Waals surface area contributed by atoms with Crippen molar-refractivity contribution in [3.05, 3.63) is 41.0 Å². The molecule has 1 aromatic heterocycles. The minimum Gasteiger partial charge on any atom is -0.319 e. The summed E-state index contributed by atoms with van der Waals surface area (Å²) in [6, 6.07) is 5.92. The number of nitrogens with one attached hydrogen (secondary N) is 2. The first-order valence-corrected chi connectivity index (χ1v) is 6.59. The van der Waals surface area contributed by atoms with Crippen LogP contribution in [0.1, 0.15) is 48.3 Å². The van der Waals surface area contributed by atoms with Crippen LogP contribution in [0.2, 0.25) is 0 Å². The fraction of sp³-hybridized carbons (Fsp3) is 0.400. The van der Waals surface area contributed by atoms with Crippen LogP contribution in [0.15, 0.2) is 18.2 Å². The molecular formula is C15H20N4O. The van der Waals surface area contributed by atoms with E-state index in [2.05, 4.69) is 20.5 Å². The highest BCUT2D eigenvalue weighted by Gasteiger charge is 2.21. The topological polar surface area (TPSA) is 70.7 Å². The Hall–Kier alpha value is -2.17. The molecule has 0 bridgehead atoms. The number of hydrogen-bond acceptors (Lipinski definition) is 3. The van der Waals surface area contributed by atoms with Gasteiger partial charge in [0.15, 0.2) is 0 Å². The minimum absolute atomic E-state index is 0.162. The number of amides is 1. The van der Waals surface area contributed by atoms with E-state index in [1.165, 1.54) is 0 Å². The first-order valence-electron chi connectivity index (χ1n) is 6.59. The van der Waals surface area contributed by atoms with Gasteiger partial charge in [-0.25, -0.2) is 4.98 Å². The average molecular weight is 272 g/mol. The van der Waals surface area contributed by atoms with Crippen molar-refractivity contribution < 1.29 is 4.79 Å². The van der Waals surface area contributed by atoms with Crippen molar-refractivity contribution in [2.75, 3.05) is 5.32 Å². The molecule has 1 amide bonds. The van der Waals surface area contributed by atoms with E-state index in [1.807, 2.05) is 52.8 Å². The lowest BCUT2D eigenvalue weighted by Crippen LogP contribution is -2.16. The molecule has 0 aliphatic rings. The molecule has 106 valence electrons. The first-order chi connectivity index (χ1) is 9.27. The molecule has 20 heavy (non-hydrogen) atoms. The van der Waals surface area contributed by atoms with Gasteiger partial charge >= 0.3 is 0 Å². The van der Waals surface area contributed by atoms with Crippen molar-refractivity contribution in [2.24, 2.45) is 0 Å². The number of rotatable bonds is 2. The zero-order valence-corrected chi connectivity index (χ0v) is 12.5. The fourth-order valence-corrected chi connectivity index (χ4v) is 1.75. The zero-order valence-electron chi connectivity index (χ0n) is 12.5. The Morgan fingerprint density at radius 2 is 1.95 bits per heavy atom. The van der Waals surface area contributed by atoms with Crippen LogP contribution < -0.4 is 5.32 Å². The fourth-order valence-electron chi connectivity index (χ4n) is 1.75. The second-order valence-electron chi connectivity index (χ2n) is 6.03. The van der Waals surface area contributed by atoms with E-state index in [1.54, 1.807) is 0 Å². The van der Waals surface area contributed by atoms with Crippen LogP contribution in [0.3, 0.4) is 0 Å². The van der Waals surface area contributed by atoms with E-state index in [-0.39, 0.29) is 17.1 Å². The maximum absolute atomic E-state index is 12.2. The summed E-state index contributed by atoms with van der Waals surface area (Å²) in [7, 11) is 0. The summed E-state index contributed by atoms with van der Waals surface area (Å²) in [5, 5.41) is 9.65. The summed E-state index contributed by atoms with van der Waals surface area (Å²) in [5.41, 5.74) is 2.73. The highest BCUT2D eigenvalue weighted by molar-refractivity contribution is 6.01. The maximum Gasteiger partial charge on any atom is 0.295 e. The predicted molar refractivity (Wildman–Crippen MR) is 79.0 cm³/mol. The molecule has 0 saturated heterocycles. The van der Waals surface area contributed by atoms with Crippen LogP contribution in [0, 0.1) is 13.8 Å². The van der Waals surface area contributed by atoms with Gasteiger partial charge in [0.05, 0.1) is 0 Å². The van der Waals surface area contributed by atoms with Gasteiger partial charge in [0.25, 0.3) is 5.91 Å². The smallest absolute Gasteiger partial charge is 0.295 e. The average Bonchev–Trinajstić information content (AvgIpc) is 2.83. The van der Waals surface area contributed by atoms with Crippen LogP contribution in [0.5, 0.6) is 0 Å². The number of benzene rings is 1. The Morgan fingerprint density at radius 3 is 2.55 bits per heavy atom. The van der Waals surface area contributed by atoms with Gasteiger partial charge in [-0.1, -0.05) is 32.9 Å². The third-order valence-electron chi connectivity index (χ3n) is 3.04. The summed E-state index contributed by atoms with van der Waals surface area (Å²) < 4.78 is 0. The number of anilines is 1. The number of H-pyrrole nitrogens is 1. The summed E-state index contributed by atoms with van der Waals surface area (Å²) >= 11 is 0. The van der Waals surface area contributed by atoms with Gasteiger partial charge in [-0.05, 0) is 31.0 Å². The monoisotopic (exact) mass is 272 g/mol. The normalized spacial score (nSPS) is 11.4. The quantitative estimate of drug-likeness (QED) is 0.883. The van der Waals surface area contributed by atoms with Gasteiger partial charge in [-0.15, -0.1) is 5.10 Å². The van der Waals surface area contributed by atoms with E-state index >= 15 is 0 Å². The van der Waals surface area contributed by atoms with Crippen LogP contribution in [0.25, 0.3) is 0 Å². The number of carbonyl (C=O) groups excluding carboxylic acids is 1. The molecule has 0 atom stereocenters. The van der Waals surface area contributed by atoms with Crippen molar-refractivity contribution in [1.29, 1.82) is 0 Å². The molecule has 0 aliphatic heterocycles. The third-order valence-corrected chi connectivity index (χ3v) is 3.04. The molecule has 0 fully saturated rings. The minimum atomic E-state index is -0.301. The summed E-state index contributed by atoms with van der Waals surface area (Å²) in [5.74, 6) is 0.560. The number of aromatic amines is 1. The van der Waals surface area contributed by atoms with Crippen LogP contribution in [-0.2, 0) is 5.41 Å². The van der Waals surface area contributed by atoms with Crippen molar-refractivity contribution in [2.45, 2.75) is 40.0 Å². The molecule has 0 radical (unpaired) electrons. The van der Waals surface area contributed by atoms with Gasteiger partial charge in [-0.2, -0.15) is 0 Å². The molecule has 0 aliphatic carbocycles. The summed E-state index contributed by atoms with van der Waals surface area (Å²) in [4.78, 5) is 16.4. The second kappa shape index (κ2) is 5.07. The van der Waals surface area contributed by atoms with Gasteiger partial charge in [0, 0.05) is 11.1 Å². The molecule has 1 aromatic carbocycles. The van der Waals surface area contributed by atoms with E-state index in [0.717, 1.165) is 16.8 Å². The largest absolute Gasteiger partial charge is 0.319 e. The summed E-state index contributed by atoms with van der Waals surface area (Å²) in [6.07, 6.45) is 0. The predicted octanol–water partition coefficient (Wildman–Crippen LogP) is 2.97. The molecule has 1 heterocycles. The van der Waals surface area contributed by atoms with Crippen LogP contribution >= 0.6 is 0 Å². The lowest BCUT2D eigenvalue weighted by Gasteiger charge is -2.12. The SMILES string of the molecule is Cc1ccc(C)c(NC(=O)c2n[nH]c(C(C)(C)C)n2)c1. The van der Waals surface area contributed by atoms with Crippen molar-refractivity contribution in [3.63, 3.8) is 0 Å². The Labute approximate surface area is 118 Å². The number of hydrogen-bond donors (Lipinski definition) is 2. The molecule has 0 saturated carbocycles. The van der Waals surface area contributed by atoms with E-state index in [0.29, 0.717) is 5.82 Å². The lowest BCUT2D eigenvalue weighted by atomic mass is 9.96. The maximum atomic E-state index is 12.2. The van der Waals surface area contributed by atoms with Gasteiger partial charge in [-0.3, -0.25) is 9.89 Å². The Kier molecular flexibility index (Phi) is 3.61. The molecule has 2 rings (SSSR count). The number of nitrogens with zero attached hydrogens (tertiary/aromatic N) is 2. The molecule has 0 unspecified atom stereocenters. The number of aromatic nitrogens is 3. The van der Waals surface area contributed by atoms with Gasteiger partial charge in [0.1, 0.15) is 5.82 Å². The lowest BCUT2D eigenvalue weighted by molar-refractivity contribution is 0.101. The molecular weight excluding hydrogens is 252 g/mol. The Bertz CT molecular complexity index is 638. The summed E-state index contributed by atoms with van der Waals surface area (Å²) in [6.45, 7) is 9.98. The first kappa shape index (κ1) is 14.2. The van der Waals surface area contributed by atoms with Gasteiger partial charge in [0.2, 0.25) is 5.82 Å². The van der Waals surface area contributed by atoms with Crippen molar-refractivity contribution in [1.82, 2.24) is 15.2 Å². The van der Waals surface area contributed by atoms with Crippen molar-refractivity contribution >= 4 is 11.6 Å². The zero-order chi connectivity index (χ0) is 14.9. The van der Waals surface area contributed by atoms with Crippen LogP contribution in [0.4, 0.5) is 5.69 Å². The third kappa shape index (κ3) is 3.04. The van der Waals surface area contributed by atoms with Crippen molar-refractivity contribution in [3.8, 4) is 0 Å². The number of carbonyl (C=O) groups is 1. The van der Waals surface area contributed by atoms with E-state index in [9.17, 15) is 4.79 Å². The molecule has 0 spiro atoms. The Morgan fingerprint density at radius 1 is 1.25 bits per heavy atom. The number of aryl methyl sites for hydroxylation is 2.